The summed E-state index contributed by atoms with van der Waals surface area (Å²) in [5.74, 6) is 0.869. The number of carbonyl (C=O) groups is 2. The van der Waals surface area contributed by atoms with Gasteiger partial charge in [-0.05, 0) is 39.8 Å². The van der Waals surface area contributed by atoms with Crippen LogP contribution in [0.1, 0.15) is 34.1 Å². The summed E-state index contributed by atoms with van der Waals surface area (Å²) in [6.07, 6.45) is 0.240. The van der Waals surface area contributed by atoms with Gasteiger partial charge in [-0.15, -0.1) is 0 Å². The molecule has 1 fully saturated rings. The third-order valence-electron chi connectivity index (χ3n) is 4.02. The summed E-state index contributed by atoms with van der Waals surface area (Å²) in [6, 6.07) is 4.61. The molecule has 3 amide bonds. The molecular weight excluding hydrogens is 322 g/mol. The normalized spacial score (nSPS) is 19.1. The molecule has 2 N–H and O–H groups in total. The molecule has 1 aliphatic heterocycles. The highest BCUT2D eigenvalue weighted by atomic mass is 16.5. The molecule has 0 spiro atoms. The van der Waals surface area contributed by atoms with Crippen molar-refractivity contribution in [2.75, 3.05) is 26.1 Å². The van der Waals surface area contributed by atoms with Crippen molar-refractivity contribution in [3.05, 3.63) is 18.2 Å². The van der Waals surface area contributed by atoms with E-state index in [-0.39, 0.29) is 24.4 Å². The van der Waals surface area contributed by atoms with Crippen LogP contribution in [0.4, 0.5) is 10.5 Å². The van der Waals surface area contributed by atoms with Gasteiger partial charge in [-0.2, -0.15) is 0 Å². The molecular formula is C18H27N3O4. The quantitative estimate of drug-likeness (QED) is 0.877. The number of rotatable bonds is 3. The van der Waals surface area contributed by atoms with Crippen molar-refractivity contribution in [3.8, 4) is 11.5 Å². The van der Waals surface area contributed by atoms with E-state index in [0.29, 0.717) is 17.2 Å². The molecule has 1 heterocycles. The van der Waals surface area contributed by atoms with E-state index in [2.05, 4.69) is 10.6 Å². The number of imide groups is 1. The van der Waals surface area contributed by atoms with E-state index in [9.17, 15) is 9.59 Å². The van der Waals surface area contributed by atoms with E-state index < -0.39 is 11.6 Å². The highest BCUT2D eigenvalue weighted by Gasteiger charge is 2.39. The number of amides is 3. The largest absolute Gasteiger partial charge is 0.497 e. The zero-order valence-corrected chi connectivity index (χ0v) is 15.7. The lowest BCUT2D eigenvalue weighted by molar-refractivity contribution is -0.128. The van der Waals surface area contributed by atoms with Crippen LogP contribution >= 0.6 is 0 Å². The molecule has 1 saturated heterocycles. The van der Waals surface area contributed by atoms with Crippen molar-refractivity contribution < 1.29 is 19.1 Å². The molecule has 1 aromatic rings. The van der Waals surface area contributed by atoms with Gasteiger partial charge in [-0.25, -0.2) is 4.79 Å². The van der Waals surface area contributed by atoms with Crippen LogP contribution in [0.2, 0.25) is 0 Å². The average molecular weight is 349 g/mol. The molecule has 7 nitrogen and oxygen atoms in total. The predicted molar refractivity (Wildman–Crippen MR) is 96.2 cm³/mol. The zero-order chi connectivity index (χ0) is 18.8. The van der Waals surface area contributed by atoms with Gasteiger partial charge in [0.1, 0.15) is 11.5 Å². The number of urea groups is 1. The first-order valence-corrected chi connectivity index (χ1v) is 8.20. The minimum absolute atomic E-state index is 0.215. The van der Waals surface area contributed by atoms with E-state index in [1.165, 1.54) is 12.0 Å². The van der Waals surface area contributed by atoms with Crippen LogP contribution in [0.15, 0.2) is 18.2 Å². The summed E-state index contributed by atoms with van der Waals surface area (Å²) in [5.41, 5.74) is -0.292. The lowest BCUT2D eigenvalue weighted by Gasteiger charge is -2.34. The van der Waals surface area contributed by atoms with Gasteiger partial charge in [0.05, 0.1) is 19.9 Å². The molecule has 138 valence electrons. The van der Waals surface area contributed by atoms with Crippen molar-refractivity contribution in [2.45, 2.75) is 45.2 Å². The fourth-order valence-electron chi connectivity index (χ4n) is 3.23. The van der Waals surface area contributed by atoms with Crippen LogP contribution in [0.5, 0.6) is 11.5 Å². The maximum Gasteiger partial charge on any atom is 0.328 e. The first-order valence-electron chi connectivity index (χ1n) is 8.20. The molecule has 0 aliphatic carbocycles. The molecule has 0 radical (unpaired) electrons. The van der Waals surface area contributed by atoms with Gasteiger partial charge in [-0.1, -0.05) is 0 Å². The lowest BCUT2D eigenvalue weighted by atomic mass is 9.96. The fraction of sp³-hybridized carbons (Fsp3) is 0.556. The van der Waals surface area contributed by atoms with Crippen LogP contribution in [0.3, 0.4) is 0 Å². The Kier molecular flexibility index (Phi) is 5.27. The molecule has 25 heavy (non-hydrogen) atoms. The first kappa shape index (κ1) is 19.1. The van der Waals surface area contributed by atoms with E-state index in [4.69, 9.17) is 9.47 Å². The van der Waals surface area contributed by atoms with Crippen LogP contribution < -0.4 is 20.1 Å². The molecule has 0 unspecified atom stereocenters. The van der Waals surface area contributed by atoms with Gasteiger partial charge >= 0.3 is 6.03 Å². The van der Waals surface area contributed by atoms with Crippen molar-refractivity contribution in [1.82, 2.24) is 10.2 Å². The molecule has 7 heteroatoms. The molecule has 0 bridgehead atoms. The highest BCUT2D eigenvalue weighted by molar-refractivity contribution is 6.02. The lowest BCUT2D eigenvalue weighted by Crippen LogP contribution is -2.54. The Hall–Kier alpha value is -2.28. The average Bonchev–Trinajstić information content (AvgIpc) is 2.59. The van der Waals surface area contributed by atoms with Crippen LogP contribution in [0.25, 0.3) is 0 Å². The number of nitrogens with one attached hydrogen (secondary N) is 2. The molecule has 0 atom stereocenters. The number of carbonyl (C=O) groups excluding carboxylic acids is 2. The second-order valence-electron chi connectivity index (χ2n) is 7.55. The number of hydrogen-bond acceptors (Lipinski definition) is 5. The number of ether oxygens (including phenoxy) is 2. The van der Waals surface area contributed by atoms with Gasteiger partial charge in [0.25, 0.3) is 0 Å². The van der Waals surface area contributed by atoms with Crippen molar-refractivity contribution in [2.24, 2.45) is 0 Å². The number of hydrogen-bond donors (Lipinski definition) is 2. The van der Waals surface area contributed by atoms with E-state index >= 15 is 0 Å². The first-order chi connectivity index (χ1) is 11.6. The van der Waals surface area contributed by atoms with Crippen LogP contribution in [-0.2, 0) is 4.79 Å². The van der Waals surface area contributed by atoms with Gasteiger partial charge in [-0.3, -0.25) is 9.69 Å². The van der Waals surface area contributed by atoms with Crippen molar-refractivity contribution >= 4 is 17.6 Å². The number of benzene rings is 1. The molecule has 1 aromatic carbocycles. The second-order valence-corrected chi connectivity index (χ2v) is 7.55. The Morgan fingerprint density at radius 1 is 1.16 bits per heavy atom. The highest BCUT2D eigenvalue weighted by Crippen LogP contribution is 2.30. The number of methoxy groups -OCH3 is 2. The van der Waals surface area contributed by atoms with E-state index in [1.54, 1.807) is 25.3 Å². The van der Waals surface area contributed by atoms with Crippen LogP contribution in [-0.4, -0.2) is 48.7 Å². The van der Waals surface area contributed by atoms with Crippen molar-refractivity contribution in [3.63, 3.8) is 0 Å². The molecule has 0 saturated carbocycles. The van der Waals surface area contributed by atoms with Gasteiger partial charge < -0.3 is 20.1 Å². The summed E-state index contributed by atoms with van der Waals surface area (Å²) < 4.78 is 10.4. The summed E-state index contributed by atoms with van der Waals surface area (Å²) in [5, 5.41) is 6.19. The minimum atomic E-state index is -0.471. The minimum Gasteiger partial charge on any atom is -0.497 e. The Morgan fingerprint density at radius 3 is 2.44 bits per heavy atom. The Labute approximate surface area is 148 Å². The van der Waals surface area contributed by atoms with Crippen molar-refractivity contribution in [1.29, 1.82) is 0 Å². The Morgan fingerprint density at radius 2 is 1.84 bits per heavy atom. The smallest absolute Gasteiger partial charge is 0.328 e. The molecule has 1 aliphatic rings. The summed E-state index contributed by atoms with van der Waals surface area (Å²) in [6.45, 7) is 8.14. The van der Waals surface area contributed by atoms with Crippen LogP contribution in [0, 0.1) is 0 Å². The number of anilines is 1. The SMILES string of the molecule is COc1ccc(NC(=O)N2CC(C)(C)NC(C)(C)CC2=O)c(OC)c1. The maximum absolute atomic E-state index is 12.7. The summed E-state index contributed by atoms with van der Waals surface area (Å²) in [4.78, 5) is 26.6. The van der Waals surface area contributed by atoms with E-state index in [0.717, 1.165) is 0 Å². The predicted octanol–water partition coefficient (Wildman–Crippen LogP) is 2.61. The maximum atomic E-state index is 12.7. The third kappa shape index (κ3) is 4.63. The molecule has 2 rings (SSSR count). The van der Waals surface area contributed by atoms with Gasteiger partial charge in [0.2, 0.25) is 5.91 Å². The standard InChI is InChI=1S/C18H27N3O4/c1-17(2)10-15(22)21(11-18(3,4)20-17)16(23)19-13-8-7-12(24-5)9-14(13)25-6/h7-9,20H,10-11H2,1-6H3,(H,19,23). The summed E-state index contributed by atoms with van der Waals surface area (Å²) in [7, 11) is 3.07. The van der Waals surface area contributed by atoms with E-state index in [1.807, 2.05) is 27.7 Å². The summed E-state index contributed by atoms with van der Waals surface area (Å²) >= 11 is 0. The molecule has 0 aromatic heterocycles. The monoisotopic (exact) mass is 349 g/mol. The Bertz CT molecular complexity index is 670. The number of nitrogens with zero attached hydrogens (tertiary/aromatic N) is 1. The Balaban J connectivity index is 2.23. The third-order valence-corrected chi connectivity index (χ3v) is 4.02. The van der Waals surface area contributed by atoms with Gasteiger partial charge in [0, 0.05) is 30.1 Å². The fourth-order valence-corrected chi connectivity index (χ4v) is 3.23. The topological polar surface area (TPSA) is 79.9 Å². The second kappa shape index (κ2) is 6.92. The zero-order valence-electron chi connectivity index (χ0n) is 15.7. The van der Waals surface area contributed by atoms with Gasteiger partial charge in [0.15, 0.2) is 0 Å².